The van der Waals surface area contributed by atoms with Crippen LogP contribution in [0.15, 0.2) is 48.6 Å². The normalized spacial score (nSPS) is 26.6. The van der Waals surface area contributed by atoms with Crippen LogP contribution in [0.4, 0.5) is 5.69 Å². The van der Waals surface area contributed by atoms with Gasteiger partial charge in [0, 0.05) is 28.9 Å². The maximum absolute atomic E-state index is 11.2. The Kier molecular flexibility index (Phi) is 9.40. The number of halogens is 1. The van der Waals surface area contributed by atoms with E-state index in [2.05, 4.69) is 24.8 Å². The van der Waals surface area contributed by atoms with Gasteiger partial charge in [0.15, 0.2) is 6.29 Å². The zero-order valence-electron chi connectivity index (χ0n) is 23.5. The summed E-state index contributed by atoms with van der Waals surface area (Å²) in [7, 11) is 0. The first-order valence-electron chi connectivity index (χ1n) is 14.6. The Labute approximate surface area is 247 Å². The molecular weight excluding hydrogens is 544 g/mol. The second kappa shape index (κ2) is 12.6. The number of allylic oxidation sites excluding steroid dienone is 1. The van der Waals surface area contributed by atoms with Gasteiger partial charge in [-0.15, -0.1) is 0 Å². The molecule has 0 spiro atoms. The average molecular weight is 587 g/mol. The Hall–Kier alpha value is -1.74. The highest BCUT2D eigenvalue weighted by Crippen LogP contribution is 2.72. The maximum Gasteiger partial charge on any atom is 0.178 e. The van der Waals surface area contributed by atoms with Crippen molar-refractivity contribution >= 4 is 29.2 Å². The molecule has 1 heterocycles. The molecule has 5 rings (SSSR count). The maximum atomic E-state index is 11.2. The Bertz CT molecular complexity index is 1210. The van der Waals surface area contributed by atoms with Crippen LogP contribution in [0.5, 0.6) is 5.75 Å². The number of aliphatic hydroxyl groups excluding tert-OH is 2. The van der Waals surface area contributed by atoms with Crippen LogP contribution in [-0.4, -0.2) is 39.8 Å². The van der Waals surface area contributed by atoms with Gasteiger partial charge < -0.3 is 25.0 Å². The fourth-order valence-corrected chi connectivity index (χ4v) is 7.26. The van der Waals surface area contributed by atoms with E-state index in [1.54, 1.807) is 6.07 Å². The molecule has 0 amide bonds. The molecule has 0 saturated heterocycles. The third-order valence-electron chi connectivity index (χ3n) is 9.61. The molecule has 3 aliphatic rings. The number of hydrogen-bond acceptors (Lipinski definition) is 7. The molecular formula is C32H43ClN2O4S. The van der Waals surface area contributed by atoms with Gasteiger partial charge in [-0.3, -0.25) is 5.14 Å². The van der Waals surface area contributed by atoms with E-state index in [9.17, 15) is 15.3 Å². The smallest absolute Gasteiger partial charge is 0.178 e. The minimum Gasteiger partial charge on any atom is -0.487 e. The summed E-state index contributed by atoms with van der Waals surface area (Å²) in [4.78, 5) is 2.37. The second-order valence-electron chi connectivity index (χ2n) is 12.1. The lowest BCUT2D eigenvalue weighted by molar-refractivity contribution is -0.0424. The van der Waals surface area contributed by atoms with Crippen LogP contribution in [0, 0.1) is 23.2 Å². The highest BCUT2D eigenvalue weighted by Gasteiger charge is 2.69. The van der Waals surface area contributed by atoms with Crippen molar-refractivity contribution < 1.29 is 20.1 Å². The van der Waals surface area contributed by atoms with Crippen LogP contribution in [0.25, 0.3) is 0 Å². The predicted octanol–water partition coefficient (Wildman–Crippen LogP) is 6.01. The fourth-order valence-electron chi connectivity index (χ4n) is 6.68. The van der Waals surface area contributed by atoms with E-state index in [1.165, 1.54) is 17.5 Å². The molecule has 2 aromatic carbocycles. The lowest BCUT2D eigenvalue weighted by Gasteiger charge is -2.43. The van der Waals surface area contributed by atoms with E-state index in [0.29, 0.717) is 29.3 Å². The molecule has 6 nitrogen and oxygen atoms in total. The fraction of sp³-hybridized carbons (Fsp3) is 0.562. The molecule has 2 fully saturated rings. The largest absolute Gasteiger partial charge is 0.487 e. The van der Waals surface area contributed by atoms with Gasteiger partial charge in [0.25, 0.3) is 0 Å². The van der Waals surface area contributed by atoms with Gasteiger partial charge in [0.2, 0.25) is 0 Å². The van der Waals surface area contributed by atoms with Crippen molar-refractivity contribution in [3.8, 4) is 5.75 Å². The number of hydrogen-bond donors (Lipinski definition) is 4. The third-order valence-corrected chi connectivity index (χ3v) is 10.7. The standard InChI is InChI=1S/C32H43ClN2O4S/c1-20(21(2)40-34)6-5-8-29(36)27-16-25-17-32(25,27)19-35-13-4-3-7-22-14-26(33)11-9-24(22)18-39-30-12-10-23(31(37)38)15-28(30)35/h5,8-12,14-15,20-21,25,27,29,31,36-38H,3-4,6-7,13,16-19,34H2,1-2H3/b8-5+/t20-,21+,25?,27-,29?,32?/m0/s1. The van der Waals surface area contributed by atoms with Crippen LogP contribution in [0.1, 0.15) is 68.9 Å². The van der Waals surface area contributed by atoms with Crippen molar-refractivity contribution in [1.82, 2.24) is 0 Å². The number of aliphatic hydroxyl groups is 3. The van der Waals surface area contributed by atoms with Gasteiger partial charge in [-0.25, -0.2) is 0 Å². The number of rotatable bonds is 9. The number of nitrogens with two attached hydrogens (primary N) is 1. The number of ether oxygens (including phenoxy) is 1. The van der Waals surface area contributed by atoms with Gasteiger partial charge in [-0.1, -0.05) is 61.7 Å². The molecule has 0 aromatic heterocycles. The first kappa shape index (κ1) is 29.7. The third kappa shape index (κ3) is 6.35. The minimum absolute atomic E-state index is 0.0809. The molecule has 0 bridgehead atoms. The van der Waals surface area contributed by atoms with Crippen molar-refractivity contribution in [1.29, 1.82) is 0 Å². The summed E-state index contributed by atoms with van der Waals surface area (Å²) in [6, 6.07) is 11.4. The number of benzene rings is 2. The van der Waals surface area contributed by atoms with Crippen LogP contribution in [0.2, 0.25) is 5.02 Å². The number of aryl methyl sites for hydroxylation is 1. The van der Waals surface area contributed by atoms with E-state index in [4.69, 9.17) is 21.5 Å². The van der Waals surface area contributed by atoms with Gasteiger partial charge in [0.1, 0.15) is 12.4 Å². The molecule has 0 radical (unpaired) electrons. The van der Waals surface area contributed by atoms with Gasteiger partial charge in [-0.2, -0.15) is 0 Å². The highest BCUT2D eigenvalue weighted by molar-refractivity contribution is 7.97. The Morgan fingerprint density at radius 2 is 1.98 bits per heavy atom. The first-order chi connectivity index (χ1) is 19.2. The minimum atomic E-state index is -1.55. The summed E-state index contributed by atoms with van der Waals surface area (Å²) in [5.41, 5.74) is 3.76. The predicted molar refractivity (Wildman–Crippen MR) is 163 cm³/mol. The topological polar surface area (TPSA) is 99.2 Å². The van der Waals surface area contributed by atoms with Gasteiger partial charge in [-0.05, 0) is 97.1 Å². The lowest BCUT2D eigenvalue weighted by Crippen LogP contribution is -2.45. The average Bonchev–Trinajstić information content (AvgIpc) is 3.50. The first-order valence-corrected chi connectivity index (χ1v) is 15.9. The summed E-state index contributed by atoms with van der Waals surface area (Å²) in [6.45, 7) is 6.42. The van der Waals surface area contributed by atoms with E-state index in [1.807, 2.05) is 36.4 Å². The zero-order valence-corrected chi connectivity index (χ0v) is 25.1. The summed E-state index contributed by atoms with van der Waals surface area (Å²) in [6.07, 6.45) is 8.13. The number of fused-ring (bicyclic) bond motifs is 3. The number of anilines is 1. The van der Waals surface area contributed by atoms with E-state index >= 15 is 0 Å². The van der Waals surface area contributed by atoms with E-state index < -0.39 is 12.4 Å². The summed E-state index contributed by atoms with van der Waals surface area (Å²) in [5.74, 6) is 2.05. The lowest BCUT2D eigenvalue weighted by atomic mass is 9.69. The van der Waals surface area contributed by atoms with E-state index in [-0.39, 0.29) is 11.3 Å². The molecule has 2 aromatic rings. The Morgan fingerprint density at radius 1 is 1.15 bits per heavy atom. The summed E-state index contributed by atoms with van der Waals surface area (Å²) >= 11 is 7.70. The van der Waals surface area contributed by atoms with E-state index in [0.717, 1.165) is 73.6 Å². The molecule has 2 saturated carbocycles. The summed E-state index contributed by atoms with van der Waals surface area (Å²) < 4.78 is 6.39. The molecule has 40 heavy (non-hydrogen) atoms. The van der Waals surface area contributed by atoms with Crippen molar-refractivity contribution in [2.45, 2.75) is 76.6 Å². The molecule has 218 valence electrons. The molecule has 6 atom stereocenters. The van der Waals surface area contributed by atoms with Crippen molar-refractivity contribution in [2.24, 2.45) is 28.3 Å². The molecule has 5 N–H and O–H groups in total. The van der Waals surface area contributed by atoms with Crippen LogP contribution in [0.3, 0.4) is 0 Å². The molecule has 3 unspecified atom stereocenters. The highest BCUT2D eigenvalue weighted by atomic mass is 35.5. The van der Waals surface area contributed by atoms with Crippen LogP contribution >= 0.6 is 23.5 Å². The van der Waals surface area contributed by atoms with Crippen molar-refractivity contribution in [2.75, 3.05) is 18.0 Å². The Balaban J connectivity index is 1.36. The summed E-state index contributed by atoms with van der Waals surface area (Å²) in [5, 5.41) is 38.0. The monoisotopic (exact) mass is 586 g/mol. The Morgan fingerprint density at radius 3 is 2.70 bits per heavy atom. The van der Waals surface area contributed by atoms with Gasteiger partial charge in [0.05, 0.1) is 11.8 Å². The quantitative estimate of drug-likeness (QED) is 0.162. The number of nitrogens with zero attached hydrogens (tertiary/aromatic N) is 1. The molecule has 8 heteroatoms. The van der Waals surface area contributed by atoms with Crippen LogP contribution in [-0.2, 0) is 13.0 Å². The zero-order chi connectivity index (χ0) is 28.4. The van der Waals surface area contributed by atoms with Crippen molar-refractivity contribution in [3.63, 3.8) is 0 Å². The molecule has 1 aliphatic heterocycles. The molecule has 2 aliphatic carbocycles. The van der Waals surface area contributed by atoms with Gasteiger partial charge >= 0.3 is 0 Å². The van der Waals surface area contributed by atoms with Crippen molar-refractivity contribution in [3.05, 3.63) is 70.3 Å². The van der Waals surface area contributed by atoms with Crippen LogP contribution < -0.4 is 14.8 Å². The second-order valence-corrected chi connectivity index (χ2v) is 13.6. The SMILES string of the molecule is C[C@@H](C/C=C/C(O)[C@@H]1CC2CC21CN1CCCCc2cc(Cl)ccc2COc2ccc(C(O)O)cc21)[C@@H](C)SN.